The van der Waals surface area contributed by atoms with E-state index in [2.05, 4.69) is 31.9 Å². The molecule has 0 bridgehead atoms. The molecule has 0 heterocycles. The molecule has 86 valence electrons. The van der Waals surface area contributed by atoms with Crippen LogP contribution in [0.15, 0.2) is 21.1 Å². The lowest BCUT2D eigenvalue weighted by molar-refractivity contribution is 0.455. The Morgan fingerprint density at radius 3 is 2.47 bits per heavy atom. The zero-order valence-corrected chi connectivity index (χ0v) is 11.9. The van der Waals surface area contributed by atoms with Crippen molar-refractivity contribution in [3.8, 4) is 5.75 Å². The van der Waals surface area contributed by atoms with Gasteiger partial charge in [0.1, 0.15) is 5.75 Å². The maximum Gasteiger partial charge on any atom is 0.134 e. The fraction of sp³-hybridized carbons (Fsp3) is 0.333. The third kappa shape index (κ3) is 3.92. The van der Waals surface area contributed by atoms with Crippen LogP contribution < -0.4 is 11.5 Å². The van der Waals surface area contributed by atoms with Crippen LogP contribution in [0.5, 0.6) is 5.75 Å². The molecule has 0 radical (unpaired) electrons. The molecular weight excluding hydrogens is 347 g/mol. The number of benzene rings is 1. The molecule has 5 N–H and O–H groups in total. The summed E-state index contributed by atoms with van der Waals surface area (Å²) in [6, 6.07) is 3.35. The van der Waals surface area contributed by atoms with Gasteiger partial charge in [0, 0.05) is 16.1 Å². The molecule has 0 aromatic heterocycles. The van der Waals surface area contributed by atoms with Gasteiger partial charge in [-0.05, 0) is 41.0 Å². The van der Waals surface area contributed by atoms with Crippen LogP contribution in [0.3, 0.4) is 0 Å². The third-order valence-corrected chi connectivity index (χ3v) is 3.00. The molecule has 0 unspecified atom stereocenters. The van der Waals surface area contributed by atoms with Crippen molar-refractivity contribution in [1.82, 2.24) is 0 Å². The molecule has 0 saturated heterocycles. The smallest absolute Gasteiger partial charge is 0.134 e. The molecule has 0 spiro atoms. The summed E-state index contributed by atoms with van der Waals surface area (Å²) in [5, 5.41) is 9.73. The Labute approximate surface area is 112 Å². The van der Waals surface area contributed by atoms with E-state index in [9.17, 15) is 5.11 Å². The van der Waals surface area contributed by atoms with Gasteiger partial charge in [0.25, 0.3) is 0 Å². The SMILES string of the molecule is Cl.NCC[C@@H](N)c1cc(Br)cc(Br)c1O. The number of hydrogen-bond donors (Lipinski definition) is 3. The van der Waals surface area contributed by atoms with Crippen LogP contribution in [-0.2, 0) is 0 Å². The first-order valence-electron chi connectivity index (χ1n) is 4.19. The average molecular weight is 360 g/mol. The lowest BCUT2D eigenvalue weighted by atomic mass is 10.0. The molecule has 1 rings (SSSR count). The van der Waals surface area contributed by atoms with Crippen molar-refractivity contribution in [3.05, 3.63) is 26.6 Å². The van der Waals surface area contributed by atoms with E-state index >= 15 is 0 Å². The topological polar surface area (TPSA) is 72.3 Å². The van der Waals surface area contributed by atoms with Crippen LogP contribution in [0.1, 0.15) is 18.0 Å². The van der Waals surface area contributed by atoms with Crippen molar-refractivity contribution >= 4 is 44.3 Å². The summed E-state index contributed by atoms with van der Waals surface area (Å²) >= 11 is 6.59. The minimum atomic E-state index is -0.228. The van der Waals surface area contributed by atoms with Crippen molar-refractivity contribution in [2.45, 2.75) is 12.5 Å². The predicted molar refractivity (Wildman–Crippen MR) is 71.4 cm³/mol. The van der Waals surface area contributed by atoms with E-state index in [0.717, 1.165) is 4.47 Å². The molecule has 3 nitrogen and oxygen atoms in total. The normalized spacial score (nSPS) is 12.0. The highest BCUT2D eigenvalue weighted by Crippen LogP contribution is 2.35. The first-order valence-corrected chi connectivity index (χ1v) is 5.78. The first-order chi connectivity index (χ1) is 6.56. The van der Waals surface area contributed by atoms with E-state index in [-0.39, 0.29) is 24.2 Å². The molecule has 0 saturated carbocycles. The quantitative estimate of drug-likeness (QED) is 0.776. The molecule has 0 amide bonds. The zero-order valence-electron chi connectivity index (χ0n) is 7.91. The molecule has 0 aliphatic carbocycles. The van der Waals surface area contributed by atoms with E-state index in [1.165, 1.54) is 0 Å². The van der Waals surface area contributed by atoms with Crippen molar-refractivity contribution in [2.24, 2.45) is 11.5 Å². The largest absolute Gasteiger partial charge is 0.506 e. The van der Waals surface area contributed by atoms with Gasteiger partial charge >= 0.3 is 0 Å². The molecule has 0 aliphatic heterocycles. The molecular formula is C9H13Br2ClN2O. The van der Waals surface area contributed by atoms with Crippen LogP contribution in [0, 0.1) is 0 Å². The molecule has 6 heteroatoms. The third-order valence-electron chi connectivity index (χ3n) is 1.93. The molecule has 0 aliphatic rings. The summed E-state index contributed by atoms with van der Waals surface area (Å²) in [6.45, 7) is 0.505. The summed E-state index contributed by atoms with van der Waals surface area (Å²) in [5.41, 5.74) is 12.0. The standard InChI is InChI=1S/C9H12Br2N2O.ClH/c10-5-3-6(8(13)1-2-12)9(14)7(11)4-5;/h3-4,8,14H,1-2,12-13H2;1H/t8-;/m1./s1. The minimum absolute atomic E-state index is 0. The number of hydrogen-bond acceptors (Lipinski definition) is 3. The van der Waals surface area contributed by atoms with Gasteiger partial charge in [-0.3, -0.25) is 0 Å². The molecule has 15 heavy (non-hydrogen) atoms. The second kappa shape index (κ2) is 6.70. The fourth-order valence-corrected chi connectivity index (χ4v) is 2.46. The van der Waals surface area contributed by atoms with E-state index < -0.39 is 0 Å². The Hall–Kier alpha value is 0.190. The highest BCUT2D eigenvalue weighted by molar-refractivity contribution is 9.11. The van der Waals surface area contributed by atoms with Gasteiger partial charge in [-0.2, -0.15) is 0 Å². The highest BCUT2D eigenvalue weighted by atomic mass is 79.9. The number of rotatable bonds is 3. The number of aromatic hydroxyl groups is 1. The van der Waals surface area contributed by atoms with Crippen LogP contribution in [0.2, 0.25) is 0 Å². The van der Waals surface area contributed by atoms with E-state index in [0.29, 0.717) is 23.0 Å². The monoisotopic (exact) mass is 358 g/mol. The average Bonchev–Trinajstić information content (AvgIpc) is 2.11. The zero-order chi connectivity index (χ0) is 10.7. The molecule has 0 fully saturated rings. The Morgan fingerprint density at radius 2 is 1.93 bits per heavy atom. The number of phenolic OH excluding ortho intramolecular Hbond substituents is 1. The van der Waals surface area contributed by atoms with Crippen molar-refractivity contribution < 1.29 is 5.11 Å². The predicted octanol–water partition coefficient (Wildman–Crippen LogP) is 2.69. The lowest BCUT2D eigenvalue weighted by Gasteiger charge is -2.14. The van der Waals surface area contributed by atoms with E-state index in [1.54, 1.807) is 12.1 Å². The van der Waals surface area contributed by atoms with E-state index in [1.807, 2.05) is 0 Å². The van der Waals surface area contributed by atoms with Crippen LogP contribution in [0.4, 0.5) is 0 Å². The summed E-state index contributed by atoms with van der Waals surface area (Å²) in [7, 11) is 0. The van der Waals surface area contributed by atoms with Gasteiger partial charge in [-0.1, -0.05) is 15.9 Å². The van der Waals surface area contributed by atoms with Crippen LogP contribution >= 0.6 is 44.3 Å². The highest BCUT2D eigenvalue weighted by Gasteiger charge is 2.13. The fourth-order valence-electron chi connectivity index (χ4n) is 1.20. The van der Waals surface area contributed by atoms with Crippen LogP contribution in [0.25, 0.3) is 0 Å². The Morgan fingerprint density at radius 1 is 1.33 bits per heavy atom. The Balaban J connectivity index is 0.00000196. The number of nitrogens with two attached hydrogens (primary N) is 2. The van der Waals surface area contributed by atoms with Gasteiger partial charge in [0.15, 0.2) is 0 Å². The lowest BCUT2D eigenvalue weighted by Crippen LogP contribution is -2.15. The molecule has 1 aromatic carbocycles. The van der Waals surface area contributed by atoms with Gasteiger partial charge in [-0.15, -0.1) is 12.4 Å². The maximum absolute atomic E-state index is 9.73. The summed E-state index contributed by atoms with van der Waals surface area (Å²) in [6.07, 6.45) is 0.649. The van der Waals surface area contributed by atoms with E-state index in [4.69, 9.17) is 11.5 Å². The van der Waals surface area contributed by atoms with Gasteiger partial charge < -0.3 is 16.6 Å². The second-order valence-corrected chi connectivity index (χ2v) is 4.78. The maximum atomic E-state index is 9.73. The molecule has 1 atom stereocenters. The first kappa shape index (κ1) is 15.2. The minimum Gasteiger partial charge on any atom is -0.506 e. The van der Waals surface area contributed by atoms with Gasteiger partial charge in [-0.25, -0.2) is 0 Å². The number of halogens is 3. The van der Waals surface area contributed by atoms with Crippen molar-refractivity contribution in [3.63, 3.8) is 0 Å². The Bertz CT molecular complexity index is 336. The van der Waals surface area contributed by atoms with Crippen LogP contribution in [-0.4, -0.2) is 11.7 Å². The van der Waals surface area contributed by atoms with Crippen molar-refractivity contribution in [2.75, 3.05) is 6.54 Å². The van der Waals surface area contributed by atoms with Gasteiger partial charge in [0.2, 0.25) is 0 Å². The Kier molecular flexibility index (Phi) is 6.79. The van der Waals surface area contributed by atoms with Gasteiger partial charge in [0.05, 0.1) is 4.47 Å². The number of phenols is 1. The van der Waals surface area contributed by atoms with Crippen molar-refractivity contribution in [1.29, 1.82) is 0 Å². The summed E-state index contributed by atoms with van der Waals surface area (Å²) < 4.78 is 1.51. The summed E-state index contributed by atoms with van der Waals surface area (Å²) in [4.78, 5) is 0. The molecule has 1 aromatic rings. The summed E-state index contributed by atoms with van der Waals surface area (Å²) in [5.74, 6) is 0.189. The second-order valence-electron chi connectivity index (χ2n) is 3.01.